The molecule has 0 aliphatic carbocycles. The Morgan fingerprint density at radius 3 is 2.67 bits per heavy atom. The van der Waals surface area contributed by atoms with Gasteiger partial charge in [-0.05, 0) is 31.0 Å². The third kappa shape index (κ3) is 4.56. The Bertz CT molecular complexity index is 1080. The maximum absolute atomic E-state index is 12.4. The fourth-order valence-corrected chi connectivity index (χ4v) is 3.73. The summed E-state index contributed by atoms with van der Waals surface area (Å²) in [6, 6.07) is 12.1. The summed E-state index contributed by atoms with van der Waals surface area (Å²) in [7, 11) is 1.58. The SMILES string of the molecule is COc1ccccc1-n1c(SCC(=O)NC(C)C(C)C)nc2cc([N+](=O)[O-])ccc21. The number of ether oxygens (including phenoxy) is 1. The van der Waals surface area contributed by atoms with E-state index < -0.39 is 4.92 Å². The molecule has 1 N–H and O–H groups in total. The number of amides is 1. The van der Waals surface area contributed by atoms with Crippen LogP contribution in [-0.4, -0.2) is 39.3 Å². The molecule has 1 amide bonds. The third-order valence-corrected chi connectivity index (χ3v) is 5.80. The van der Waals surface area contributed by atoms with Crippen molar-refractivity contribution in [1.29, 1.82) is 0 Å². The van der Waals surface area contributed by atoms with Crippen molar-refractivity contribution >= 4 is 34.4 Å². The molecule has 0 aliphatic heterocycles. The largest absolute Gasteiger partial charge is 0.495 e. The number of rotatable bonds is 8. The number of methoxy groups -OCH3 is 1. The molecule has 0 saturated heterocycles. The predicted octanol–water partition coefficient (Wildman–Crippen LogP) is 4.20. The van der Waals surface area contributed by atoms with E-state index in [-0.39, 0.29) is 23.4 Å². The number of thioether (sulfide) groups is 1. The number of aromatic nitrogens is 2. The molecule has 1 aromatic heterocycles. The van der Waals surface area contributed by atoms with Gasteiger partial charge in [-0.3, -0.25) is 19.5 Å². The first-order chi connectivity index (χ1) is 14.3. The second kappa shape index (κ2) is 9.17. The van der Waals surface area contributed by atoms with E-state index in [0.717, 1.165) is 5.69 Å². The van der Waals surface area contributed by atoms with Crippen molar-refractivity contribution in [2.24, 2.45) is 5.92 Å². The van der Waals surface area contributed by atoms with E-state index in [1.54, 1.807) is 13.2 Å². The maximum Gasteiger partial charge on any atom is 0.271 e. The summed E-state index contributed by atoms with van der Waals surface area (Å²) in [5.74, 6) is 1.05. The van der Waals surface area contributed by atoms with Crippen LogP contribution in [-0.2, 0) is 4.79 Å². The molecule has 0 fully saturated rings. The molecule has 9 heteroatoms. The summed E-state index contributed by atoms with van der Waals surface area (Å²) in [6.07, 6.45) is 0. The molecule has 1 atom stereocenters. The summed E-state index contributed by atoms with van der Waals surface area (Å²) in [6.45, 7) is 6.06. The van der Waals surface area contributed by atoms with Gasteiger partial charge in [0.1, 0.15) is 5.75 Å². The fourth-order valence-electron chi connectivity index (χ4n) is 2.90. The normalized spacial score (nSPS) is 12.2. The lowest BCUT2D eigenvalue weighted by molar-refractivity contribution is -0.384. The molecule has 3 aromatic rings. The zero-order valence-electron chi connectivity index (χ0n) is 17.3. The minimum Gasteiger partial charge on any atom is -0.495 e. The highest BCUT2D eigenvalue weighted by Crippen LogP contribution is 2.33. The molecule has 30 heavy (non-hydrogen) atoms. The maximum atomic E-state index is 12.4. The summed E-state index contributed by atoms with van der Waals surface area (Å²) >= 11 is 1.28. The topological polar surface area (TPSA) is 99.3 Å². The van der Waals surface area contributed by atoms with E-state index in [0.29, 0.717) is 27.9 Å². The molecule has 1 unspecified atom stereocenters. The second-order valence-corrected chi connectivity index (χ2v) is 8.16. The fraction of sp³-hybridized carbons (Fsp3) is 0.333. The number of nitro benzene ring substituents is 1. The van der Waals surface area contributed by atoms with Crippen LogP contribution < -0.4 is 10.1 Å². The molecule has 1 heterocycles. The lowest BCUT2D eigenvalue weighted by Crippen LogP contribution is -2.37. The van der Waals surface area contributed by atoms with E-state index in [9.17, 15) is 14.9 Å². The van der Waals surface area contributed by atoms with Crippen LogP contribution >= 0.6 is 11.8 Å². The van der Waals surface area contributed by atoms with E-state index in [1.807, 2.05) is 49.6 Å². The number of fused-ring (bicyclic) bond motifs is 1. The van der Waals surface area contributed by atoms with Gasteiger partial charge in [0.15, 0.2) is 5.16 Å². The zero-order chi connectivity index (χ0) is 21.8. The summed E-state index contributed by atoms with van der Waals surface area (Å²) in [4.78, 5) is 27.7. The average Bonchev–Trinajstić information content (AvgIpc) is 3.09. The standard InChI is InChI=1S/C21H24N4O4S/c1-13(2)14(3)22-20(26)12-30-21-23-16-11-15(25(27)28)9-10-17(16)24(21)18-7-5-6-8-19(18)29-4/h5-11,13-14H,12H2,1-4H3,(H,22,26). The number of hydrogen-bond donors (Lipinski definition) is 1. The highest BCUT2D eigenvalue weighted by atomic mass is 32.2. The van der Waals surface area contributed by atoms with Gasteiger partial charge < -0.3 is 10.1 Å². The molecule has 2 aromatic carbocycles. The first kappa shape index (κ1) is 21.6. The highest BCUT2D eigenvalue weighted by Gasteiger charge is 2.20. The molecule has 158 valence electrons. The number of hydrogen-bond acceptors (Lipinski definition) is 6. The molecule has 0 radical (unpaired) electrons. The molecule has 8 nitrogen and oxygen atoms in total. The Hall–Kier alpha value is -3.07. The van der Waals surface area contributed by atoms with Gasteiger partial charge in [-0.25, -0.2) is 4.98 Å². The van der Waals surface area contributed by atoms with Crippen LogP contribution in [0, 0.1) is 16.0 Å². The number of imidazole rings is 1. The van der Waals surface area contributed by atoms with Gasteiger partial charge in [0.2, 0.25) is 5.91 Å². The second-order valence-electron chi connectivity index (χ2n) is 7.22. The van der Waals surface area contributed by atoms with Crippen LogP contribution in [0.1, 0.15) is 20.8 Å². The first-order valence-corrected chi connectivity index (χ1v) is 10.5. The smallest absolute Gasteiger partial charge is 0.271 e. The van der Waals surface area contributed by atoms with Crippen molar-refractivity contribution in [3.8, 4) is 11.4 Å². The first-order valence-electron chi connectivity index (χ1n) is 9.54. The molecule has 0 saturated carbocycles. The Morgan fingerprint density at radius 1 is 1.27 bits per heavy atom. The minimum atomic E-state index is -0.449. The van der Waals surface area contributed by atoms with Gasteiger partial charge in [-0.1, -0.05) is 37.7 Å². The van der Waals surface area contributed by atoms with Crippen molar-refractivity contribution in [2.45, 2.75) is 32.0 Å². The summed E-state index contributed by atoms with van der Waals surface area (Å²) in [5.41, 5.74) is 1.89. The van der Waals surface area contributed by atoms with Gasteiger partial charge in [0.05, 0.1) is 34.5 Å². The van der Waals surface area contributed by atoms with E-state index >= 15 is 0 Å². The quantitative estimate of drug-likeness (QED) is 0.328. The number of benzene rings is 2. The van der Waals surface area contributed by atoms with Gasteiger partial charge in [-0.15, -0.1) is 0 Å². The number of para-hydroxylation sites is 2. The lowest BCUT2D eigenvalue weighted by atomic mass is 10.1. The van der Waals surface area contributed by atoms with Crippen molar-refractivity contribution < 1.29 is 14.5 Å². The van der Waals surface area contributed by atoms with E-state index in [1.165, 1.54) is 23.9 Å². The Balaban J connectivity index is 2.01. The number of carbonyl (C=O) groups excluding carboxylic acids is 1. The Morgan fingerprint density at radius 2 is 2.00 bits per heavy atom. The van der Waals surface area contributed by atoms with Gasteiger partial charge >= 0.3 is 0 Å². The van der Waals surface area contributed by atoms with E-state index in [4.69, 9.17) is 4.74 Å². The predicted molar refractivity (Wildman–Crippen MR) is 117 cm³/mol. The van der Waals surface area contributed by atoms with Crippen molar-refractivity contribution in [1.82, 2.24) is 14.9 Å². The molecular weight excluding hydrogens is 404 g/mol. The number of nitro groups is 1. The minimum absolute atomic E-state index is 0.0350. The zero-order valence-corrected chi connectivity index (χ0v) is 18.1. The van der Waals surface area contributed by atoms with E-state index in [2.05, 4.69) is 10.3 Å². The number of nitrogens with one attached hydrogen (secondary N) is 1. The van der Waals surface area contributed by atoms with Crippen molar-refractivity contribution in [3.05, 3.63) is 52.6 Å². The lowest BCUT2D eigenvalue weighted by Gasteiger charge is -2.17. The molecular formula is C21H24N4O4S. The van der Waals surface area contributed by atoms with Crippen LogP contribution in [0.15, 0.2) is 47.6 Å². The van der Waals surface area contributed by atoms with Gasteiger partial charge in [0.25, 0.3) is 5.69 Å². The van der Waals surface area contributed by atoms with Gasteiger partial charge in [-0.2, -0.15) is 0 Å². The number of nitrogens with zero attached hydrogens (tertiary/aromatic N) is 3. The van der Waals surface area contributed by atoms with Gasteiger partial charge in [0, 0.05) is 18.2 Å². The molecule has 0 spiro atoms. The molecule has 0 aliphatic rings. The van der Waals surface area contributed by atoms with Crippen molar-refractivity contribution in [3.63, 3.8) is 0 Å². The highest BCUT2D eigenvalue weighted by molar-refractivity contribution is 7.99. The van der Waals surface area contributed by atoms with Crippen LogP contribution in [0.25, 0.3) is 16.7 Å². The number of non-ortho nitro benzene ring substituents is 1. The molecule has 3 rings (SSSR count). The Labute approximate surface area is 178 Å². The average molecular weight is 429 g/mol. The number of carbonyl (C=O) groups is 1. The van der Waals surface area contributed by atoms with Crippen LogP contribution in [0.3, 0.4) is 0 Å². The van der Waals surface area contributed by atoms with Crippen LogP contribution in [0.2, 0.25) is 0 Å². The van der Waals surface area contributed by atoms with Crippen molar-refractivity contribution in [2.75, 3.05) is 12.9 Å². The Kier molecular flexibility index (Phi) is 6.61. The third-order valence-electron chi connectivity index (χ3n) is 4.87. The van der Waals surface area contributed by atoms with Crippen LogP contribution in [0.4, 0.5) is 5.69 Å². The summed E-state index contributed by atoms with van der Waals surface area (Å²) < 4.78 is 7.36. The monoisotopic (exact) mass is 428 g/mol. The molecule has 0 bridgehead atoms. The van der Waals surface area contributed by atoms with Crippen LogP contribution in [0.5, 0.6) is 5.75 Å². The summed E-state index contributed by atoms with van der Waals surface area (Å²) in [5, 5.41) is 14.7.